The number of nitrogens with zero attached hydrogens (tertiary/aromatic N) is 1. The third kappa shape index (κ3) is 3.07. The molecule has 19 heavy (non-hydrogen) atoms. The van der Waals surface area contributed by atoms with Crippen LogP contribution in [0.4, 0.5) is 0 Å². The molecule has 0 aliphatic rings. The number of H-pyrrole nitrogens is 1. The molecule has 0 spiro atoms. The van der Waals surface area contributed by atoms with Gasteiger partial charge in [-0.25, -0.2) is 4.79 Å². The Morgan fingerprint density at radius 2 is 2.37 bits per heavy atom. The van der Waals surface area contributed by atoms with Crippen molar-refractivity contribution < 1.29 is 9.53 Å². The summed E-state index contributed by atoms with van der Waals surface area (Å²) in [6.45, 7) is 2.39. The molecule has 2 rings (SSSR count). The Bertz CT molecular complexity index is 566. The molecular formula is C14H17ClN2O2. The molecule has 2 aromatic rings. The molecule has 4 nitrogen and oxygen atoms in total. The maximum atomic E-state index is 11.9. The molecule has 0 unspecified atom stereocenters. The summed E-state index contributed by atoms with van der Waals surface area (Å²) in [6.07, 6.45) is 5.88. The van der Waals surface area contributed by atoms with Gasteiger partial charge in [0.25, 0.3) is 0 Å². The number of hydrogen-bond donors (Lipinski definition) is 1. The second-order valence-electron chi connectivity index (χ2n) is 4.31. The number of rotatable bonds is 6. The van der Waals surface area contributed by atoms with E-state index in [2.05, 4.69) is 9.97 Å². The molecule has 0 amide bonds. The summed E-state index contributed by atoms with van der Waals surface area (Å²) in [6, 6.07) is 1.93. The van der Waals surface area contributed by atoms with E-state index in [1.54, 1.807) is 6.20 Å². The Hall–Kier alpha value is -1.55. The molecule has 0 aliphatic carbocycles. The van der Waals surface area contributed by atoms with Crippen molar-refractivity contribution in [2.24, 2.45) is 0 Å². The molecule has 5 heteroatoms. The predicted octanol–water partition coefficient (Wildman–Crippen LogP) is 3.30. The number of nitrogens with one attached hydrogen (secondary N) is 1. The van der Waals surface area contributed by atoms with Crippen LogP contribution in [0.2, 0.25) is 0 Å². The Morgan fingerprint density at radius 3 is 3.11 bits per heavy atom. The molecule has 0 aliphatic heterocycles. The van der Waals surface area contributed by atoms with Crippen molar-refractivity contribution >= 4 is 28.5 Å². The third-order valence-corrected chi connectivity index (χ3v) is 3.15. The normalized spacial score (nSPS) is 10.8. The zero-order valence-electron chi connectivity index (χ0n) is 10.9. The summed E-state index contributed by atoms with van der Waals surface area (Å²) in [7, 11) is 0. The predicted molar refractivity (Wildman–Crippen MR) is 75.7 cm³/mol. The van der Waals surface area contributed by atoms with Crippen molar-refractivity contribution in [1.82, 2.24) is 9.97 Å². The second-order valence-corrected chi connectivity index (χ2v) is 4.69. The highest BCUT2D eigenvalue weighted by Gasteiger charge is 2.15. The number of aromatic nitrogens is 2. The fraction of sp³-hybridized carbons (Fsp3) is 0.429. The van der Waals surface area contributed by atoms with Gasteiger partial charge in [0.05, 0.1) is 12.1 Å². The van der Waals surface area contributed by atoms with Gasteiger partial charge in [0, 0.05) is 29.4 Å². The van der Waals surface area contributed by atoms with Gasteiger partial charge in [-0.1, -0.05) is 6.92 Å². The van der Waals surface area contributed by atoms with Crippen LogP contribution < -0.4 is 0 Å². The lowest BCUT2D eigenvalue weighted by Crippen LogP contribution is -2.08. The Morgan fingerprint density at radius 1 is 1.53 bits per heavy atom. The highest BCUT2D eigenvalue weighted by molar-refractivity contribution is 6.17. The van der Waals surface area contributed by atoms with Crippen LogP contribution in [0.15, 0.2) is 18.5 Å². The number of halogens is 1. The molecular weight excluding hydrogens is 264 g/mol. The van der Waals surface area contributed by atoms with Crippen LogP contribution in [-0.2, 0) is 11.2 Å². The van der Waals surface area contributed by atoms with E-state index in [4.69, 9.17) is 16.3 Å². The number of esters is 1. The van der Waals surface area contributed by atoms with Gasteiger partial charge in [0.15, 0.2) is 0 Å². The average molecular weight is 281 g/mol. The van der Waals surface area contributed by atoms with Crippen molar-refractivity contribution in [2.45, 2.75) is 26.2 Å². The molecule has 0 atom stereocenters. The van der Waals surface area contributed by atoms with Crippen LogP contribution in [0.5, 0.6) is 0 Å². The fourth-order valence-electron chi connectivity index (χ4n) is 1.97. The topological polar surface area (TPSA) is 55.0 Å². The standard InChI is InChI=1S/C14H17ClN2O2/c1-2-8-19-14(18)11-9-17-12(4-3-6-15)10-5-7-16-13(10)11/h5,7,9,16H,2-4,6,8H2,1H3. The van der Waals surface area contributed by atoms with Gasteiger partial charge in [-0.05, 0) is 25.3 Å². The van der Waals surface area contributed by atoms with Crippen LogP contribution in [0.1, 0.15) is 35.8 Å². The highest BCUT2D eigenvalue weighted by atomic mass is 35.5. The highest BCUT2D eigenvalue weighted by Crippen LogP contribution is 2.21. The number of carbonyl (C=O) groups excluding carboxylic acids is 1. The SMILES string of the molecule is CCCOC(=O)c1cnc(CCCCl)c2cc[nH]c12. The van der Waals surface area contributed by atoms with Crippen LogP contribution in [0, 0.1) is 0 Å². The summed E-state index contributed by atoms with van der Waals surface area (Å²) in [4.78, 5) is 19.4. The molecule has 0 fully saturated rings. The van der Waals surface area contributed by atoms with Gasteiger partial charge < -0.3 is 9.72 Å². The average Bonchev–Trinajstić information content (AvgIpc) is 2.91. The van der Waals surface area contributed by atoms with Crippen molar-refractivity contribution in [2.75, 3.05) is 12.5 Å². The van der Waals surface area contributed by atoms with Crippen molar-refractivity contribution in [3.8, 4) is 0 Å². The number of hydrogen-bond acceptors (Lipinski definition) is 3. The van der Waals surface area contributed by atoms with E-state index in [1.807, 2.05) is 19.2 Å². The quantitative estimate of drug-likeness (QED) is 0.652. The van der Waals surface area contributed by atoms with Gasteiger partial charge in [-0.2, -0.15) is 0 Å². The molecule has 0 aromatic carbocycles. The summed E-state index contributed by atoms with van der Waals surface area (Å²) < 4.78 is 5.16. The van der Waals surface area contributed by atoms with E-state index in [1.165, 1.54) is 0 Å². The van der Waals surface area contributed by atoms with E-state index in [0.717, 1.165) is 35.9 Å². The monoisotopic (exact) mass is 280 g/mol. The number of fused-ring (bicyclic) bond motifs is 1. The number of carbonyl (C=O) groups is 1. The minimum Gasteiger partial charge on any atom is -0.462 e. The first-order chi connectivity index (χ1) is 9.27. The van der Waals surface area contributed by atoms with Gasteiger partial charge in [0.2, 0.25) is 0 Å². The molecule has 0 radical (unpaired) electrons. The zero-order valence-corrected chi connectivity index (χ0v) is 11.7. The first kappa shape index (κ1) is 13.9. The van der Waals surface area contributed by atoms with E-state index < -0.39 is 0 Å². The van der Waals surface area contributed by atoms with Crippen molar-refractivity contribution in [3.63, 3.8) is 0 Å². The summed E-state index contributed by atoms with van der Waals surface area (Å²) in [5.41, 5.74) is 2.24. The van der Waals surface area contributed by atoms with E-state index in [0.29, 0.717) is 18.1 Å². The summed E-state index contributed by atoms with van der Waals surface area (Å²) >= 11 is 5.71. The second kappa shape index (κ2) is 6.57. The van der Waals surface area contributed by atoms with Crippen molar-refractivity contribution in [1.29, 1.82) is 0 Å². The Kier molecular flexibility index (Phi) is 4.80. The first-order valence-corrected chi connectivity index (χ1v) is 6.99. The minimum absolute atomic E-state index is 0.328. The lowest BCUT2D eigenvalue weighted by atomic mass is 10.1. The van der Waals surface area contributed by atoms with E-state index >= 15 is 0 Å². The first-order valence-electron chi connectivity index (χ1n) is 6.46. The molecule has 0 saturated heterocycles. The van der Waals surface area contributed by atoms with E-state index in [-0.39, 0.29) is 5.97 Å². The zero-order chi connectivity index (χ0) is 13.7. The number of aryl methyl sites for hydroxylation is 1. The molecule has 2 aromatic heterocycles. The van der Waals surface area contributed by atoms with Crippen LogP contribution in [0.25, 0.3) is 10.9 Å². The number of aromatic amines is 1. The van der Waals surface area contributed by atoms with E-state index in [9.17, 15) is 4.79 Å². The Labute approximate surface area is 117 Å². The maximum absolute atomic E-state index is 11.9. The molecule has 2 heterocycles. The van der Waals surface area contributed by atoms with Gasteiger partial charge in [-0.3, -0.25) is 4.98 Å². The van der Waals surface area contributed by atoms with Crippen LogP contribution in [-0.4, -0.2) is 28.4 Å². The maximum Gasteiger partial charge on any atom is 0.341 e. The van der Waals surface area contributed by atoms with Crippen LogP contribution >= 0.6 is 11.6 Å². The molecule has 0 saturated carbocycles. The summed E-state index contributed by atoms with van der Waals surface area (Å²) in [5, 5.41) is 0.969. The Balaban J connectivity index is 2.32. The number of pyridine rings is 1. The van der Waals surface area contributed by atoms with Gasteiger partial charge >= 0.3 is 5.97 Å². The largest absolute Gasteiger partial charge is 0.462 e. The van der Waals surface area contributed by atoms with Gasteiger partial charge in [0.1, 0.15) is 5.56 Å². The summed E-state index contributed by atoms with van der Waals surface area (Å²) in [5.74, 6) is 0.277. The fourth-order valence-corrected chi connectivity index (χ4v) is 2.10. The number of ether oxygens (including phenoxy) is 1. The number of alkyl halides is 1. The smallest absolute Gasteiger partial charge is 0.341 e. The minimum atomic E-state index is -0.328. The molecule has 0 bridgehead atoms. The molecule has 102 valence electrons. The molecule has 1 N–H and O–H groups in total. The lowest BCUT2D eigenvalue weighted by Gasteiger charge is -2.07. The lowest BCUT2D eigenvalue weighted by molar-refractivity contribution is 0.0507. The third-order valence-electron chi connectivity index (χ3n) is 2.88. The van der Waals surface area contributed by atoms with Crippen LogP contribution in [0.3, 0.4) is 0 Å². The van der Waals surface area contributed by atoms with Crippen molar-refractivity contribution in [3.05, 3.63) is 29.7 Å². The van der Waals surface area contributed by atoms with Gasteiger partial charge in [-0.15, -0.1) is 11.6 Å².